The SMILES string of the molecule is C=CC(=O)OC1(CC)C2CC3CC(C2)CC1C3.CC(C)C1(O)C2CC3CC(C2)CC1C3. The fraction of sp³-hybridized carbons (Fsp3) is 0.893. The number of carbonyl (C=O) groups excluding carboxylic acids is 1. The van der Waals surface area contributed by atoms with Crippen LogP contribution < -0.4 is 0 Å². The van der Waals surface area contributed by atoms with Crippen molar-refractivity contribution in [2.45, 2.75) is 103 Å². The predicted molar refractivity (Wildman–Crippen MR) is 123 cm³/mol. The molecule has 0 aromatic heterocycles. The monoisotopic (exact) mass is 428 g/mol. The Balaban J connectivity index is 0.000000134. The molecule has 8 rings (SSSR count). The van der Waals surface area contributed by atoms with Crippen molar-refractivity contribution in [2.75, 3.05) is 0 Å². The second kappa shape index (κ2) is 7.89. The molecule has 0 aromatic rings. The van der Waals surface area contributed by atoms with Crippen molar-refractivity contribution in [3.8, 4) is 0 Å². The highest BCUT2D eigenvalue weighted by Gasteiger charge is 2.59. The van der Waals surface area contributed by atoms with Crippen molar-refractivity contribution in [3.05, 3.63) is 12.7 Å². The summed E-state index contributed by atoms with van der Waals surface area (Å²) in [5.74, 6) is 6.52. The van der Waals surface area contributed by atoms with E-state index in [-0.39, 0.29) is 17.2 Å². The maximum Gasteiger partial charge on any atom is 0.330 e. The number of hydrogen-bond donors (Lipinski definition) is 1. The van der Waals surface area contributed by atoms with Crippen LogP contribution in [0.15, 0.2) is 12.7 Å². The third-order valence-electron chi connectivity index (χ3n) is 10.9. The molecule has 174 valence electrons. The average Bonchev–Trinajstić information content (AvgIpc) is 2.73. The van der Waals surface area contributed by atoms with Crippen LogP contribution in [0.5, 0.6) is 0 Å². The highest BCUT2D eigenvalue weighted by atomic mass is 16.6. The first kappa shape index (κ1) is 22.0. The molecule has 0 atom stereocenters. The molecule has 0 heterocycles. The molecule has 0 radical (unpaired) electrons. The van der Waals surface area contributed by atoms with Gasteiger partial charge in [0.25, 0.3) is 0 Å². The van der Waals surface area contributed by atoms with Crippen molar-refractivity contribution in [3.63, 3.8) is 0 Å². The van der Waals surface area contributed by atoms with Crippen LogP contribution in [0, 0.1) is 53.3 Å². The second-order valence-electron chi connectivity index (χ2n) is 12.6. The van der Waals surface area contributed by atoms with Gasteiger partial charge in [0.1, 0.15) is 5.60 Å². The molecule has 0 amide bonds. The number of aliphatic hydroxyl groups is 1. The third-order valence-corrected chi connectivity index (χ3v) is 10.9. The predicted octanol–water partition coefficient (Wildman–Crippen LogP) is 6.15. The van der Waals surface area contributed by atoms with E-state index in [1.54, 1.807) is 0 Å². The number of esters is 1. The van der Waals surface area contributed by atoms with Gasteiger partial charge in [0.05, 0.1) is 5.60 Å². The molecule has 8 saturated carbocycles. The number of rotatable bonds is 4. The molecule has 3 nitrogen and oxygen atoms in total. The fourth-order valence-electron chi connectivity index (χ4n) is 9.91. The summed E-state index contributed by atoms with van der Waals surface area (Å²) in [6.07, 6.45) is 15.6. The lowest BCUT2D eigenvalue weighted by Gasteiger charge is -2.60. The Morgan fingerprint density at radius 3 is 1.58 bits per heavy atom. The van der Waals surface area contributed by atoms with Gasteiger partial charge in [-0.1, -0.05) is 27.4 Å². The molecule has 8 fully saturated rings. The van der Waals surface area contributed by atoms with Crippen LogP contribution in [0.2, 0.25) is 0 Å². The van der Waals surface area contributed by atoms with Crippen LogP contribution in [-0.4, -0.2) is 22.3 Å². The van der Waals surface area contributed by atoms with Crippen LogP contribution >= 0.6 is 0 Å². The molecule has 0 aliphatic heterocycles. The summed E-state index contributed by atoms with van der Waals surface area (Å²) in [6, 6.07) is 0. The van der Waals surface area contributed by atoms with Crippen molar-refractivity contribution >= 4 is 5.97 Å². The highest BCUT2D eigenvalue weighted by Crippen LogP contribution is 2.61. The van der Waals surface area contributed by atoms with E-state index in [1.165, 1.54) is 70.3 Å². The van der Waals surface area contributed by atoms with Crippen molar-refractivity contribution in [1.82, 2.24) is 0 Å². The third kappa shape index (κ3) is 3.44. The van der Waals surface area contributed by atoms with Crippen LogP contribution in [0.1, 0.15) is 91.4 Å². The molecule has 8 bridgehead atoms. The molecule has 8 aliphatic carbocycles. The van der Waals surface area contributed by atoms with Crippen LogP contribution in [0.25, 0.3) is 0 Å². The zero-order valence-electron chi connectivity index (χ0n) is 20.0. The van der Waals surface area contributed by atoms with Crippen molar-refractivity contribution in [1.29, 1.82) is 0 Å². The van der Waals surface area contributed by atoms with Gasteiger partial charge in [0.15, 0.2) is 0 Å². The molecule has 0 unspecified atom stereocenters. The Kier molecular flexibility index (Phi) is 5.59. The summed E-state index contributed by atoms with van der Waals surface area (Å²) in [7, 11) is 0. The van der Waals surface area contributed by atoms with E-state index in [0.29, 0.717) is 29.6 Å². The molecular formula is C28H44O3. The summed E-state index contributed by atoms with van der Waals surface area (Å²) in [5.41, 5.74) is -0.452. The smallest absolute Gasteiger partial charge is 0.330 e. The normalized spacial score (nSPS) is 50.9. The molecule has 0 spiro atoms. The number of hydrogen-bond acceptors (Lipinski definition) is 3. The van der Waals surface area contributed by atoms with Crippen LogP contribution in [0.3, 0.4) is 0 Å². The van der Waals surface area contributed by atoms with E-state index in [1.807, 2.05) is 0 Å². The first-order valence-corrected chi connectivity index (χ1v) is 13.4. The van der Waals surface area contributed by atoms with Gasteiger partial charge in [-0.15, -0.1) is 0 Å². The minimum atomic E-state index is -0.298. The maximum absolute atomic E-state index is 11.6. The van der Waals surface area contributed by atoms with E-state index in [4.69, 9.17) is 4.74 Å². The maximum atomic E-state index is 11.6. The molecule has 8 aliphatic rings. The van der Waals surface area contributed by atoms with Crippen LogP contribution in [-0.2, 0) is 9.53 Å². The lowest BCUT2D eigenvalue weighted by Crippen LogP contribution is -2.60. The topological polar surface area (TPSA) is 46.5 Å². The van der Waals surface area contributed by atoms with Gasteiger partial charge in [-0.25, -0.2) is 4.79 Å². The van der Waals surface area contributed by atoms with Crippen LogP contribution in [0.4, 0.5) is 0 Å². The minimum absolute atomic E-state index is 0.154. The molecule has 3 heteroatoms. The Labute approximate surface area is 189 Å². The molecule has 0 saturated heterocycles. The lowest BCUT2D eigenvalue weighted by atomic mass is 9.48. The number of carbonyl (C=O) groups is 1. The summed E-state index contributed by atoms with van der Waals surface area (Å²) >= 11 is 0. The zero-order valence-corrected chi connectivity index (χ0v) is 20.0. The Hall–Kier alpha value is -0.830. The Morgan fingerprint density at radius 1 is 0.871 bits per heavy atom. The first-order valence-electron chi connectivity index (χ1n) is 13.4. The summed E-state index contributed by atoms with van der Waals surface area (Å²) in [6.45, 7) is 10.1. The van der Waals surface area contributed by atoms with E-state index in [0.717, 1.165) is 30.1 Å². The second-order valence-corrected chi connectivity index (χ2v) is 12.6. The Morgan fingerprint density at radius 2 is 1.26 bits per heavy atom. The Bertz CT molecular complexity index is 651. The van der Waals surface area contributed by atoms with E-state index >= 15 is 0 Å². The lowest BCUT2D eigenvalue weighted by molar-refractivity contribution is -0.206. The van der Waals surface area contributed by atoms with E-state index in [9.17, 15) is 9.90 Å². The van der Waals surface area contributed by atoms with Crippen molar-refractivity contribution < 1.29 is 14.6 Å². The van der Waals surface area contributed by atoms with Gasteiger partial charge < -0.3 is 9.84 Å². The van der Waals surface area contributed by atoms with Gasteiger partial charge >= 0.3 is 5.97 Å². The molecular weight excluding hydrogens is 384 g/mol. The van der Waals surface area contributed by atoms with Gasteiger partial charge in [-0.2, -0.15) is 0 Å². The average molecular weight is 429 g/mol. The summed E-state index contributed by atoms with van der Waals surface area (Å²) in [5, 5.41) is 10.9. The first-order chi connectivity index (χ1) is 14.8. The largest absolute Gasteiger partial charge is 0.455 e. The standard InChI is InChI=1S/C15H22O2.C13H22O/c1-3-14(16)17-15(4-2)12-6-10-5-11(8-12)9-13(15)7-10;1-8(2)13(14)11-4-9-3-10(6-11)7-12(13)5-9/h3,10-13H,1,4-9H2,2H3;8-12,14H,3-7H2,1-2H3. The van der Waals surface area contributed by atoms with Gasteiger partial charge in [-0.05, 0) is 124 Å². The zero-order chi connectivity index (χ0) is 22.0. The highest BCUT2D eigenvalue weighted by molar-refractivity contribution is 5.81. The van der Waals surface area contributed by atoms with Crippen molar-refractivity contribution in [2.24, 2.45) is 53.3 Å². The minimum Gasteiger partial charge on any atom is -0.455 e. The van der Waals surface area contributed by atoms with E-state index < -0.39 is 0 Å². The molecule has 31 heavy (non-hydrogen) atoms. The number of ether oxygens (including phenoxy) is 1. The fourth-order valence-corrected chi connectivity index (χ4v) is 9.91. The molecule has 1 N–H and O–H groups in total. The quantitative estimate of drug-likeness (QED) is 0.431. The van der Waals surface area contributed by atoms with E-state index in [2.05, 4.69) is 27.4 Å². The summed E-state index contributed by atoms with van der Waals surface area (Å²) < 4.78 is 5.86. The molecule has 0 aromatic carbocycles. The summed E-state index contributed by atoms with van der Waals surface area (Å²) in [4.78, 5) is 11.6. The van der Waals surface area contributed by atoms with Gasteiger partial charge in [0, 0.05) is 6.08 Å². The van der Waals surface area contributed by atoms with Gasteiger partial charge in [0.2, 0.25) is 0 Å². The van der Waals surface area contributed by atoms with Gasteiger partial charge in [-0.3, -0.25) is 0 Å².